The summed E-state index contributed by atoms with van der Waals surface area (Å²) in [7, 11) is 0. The number of nitrogens with zero attached hydrogens (tertiary/aromatic N) is 3. The second kappa shape index (κ2) is 8.98. The Morgan fingerprint density at radius 2 is 1.97 bits per heavy atom. The Labute approximate surface area is 198 Å². The van der Waals surface area contributed by atoms with Crippen LogP contribution in [0.1, 0.15) is 39.0 Å². The van der Waals surface area contributed by atoms with E-state index in [0.717, 1.165) is 18.3 Å². The number of hydrogen-bond acceptors (Lipinski definition) is 5. The van der Waals surface area contributed by atoms with Gasteiger partial charge in [0.25, 0.3) is 5.91 Å². The van der Waals surface area contributed by atoms with Gasteiger partial charge in [-0.05, 0) is 36.4 Å². The maximum absolute atomic E-state index is 14.0. The molecule has 0 spiro atoms. The molecule has 0 bridgehead atoms. The van der Waals surface area contributed by atoms with Gasteiger partial charge in [-0.1, -0.05) is 16.8 Å². The molecule has 0 aliphatic carbocycles. The van der Waals surface area contributed by atoms with Gasteiger partial charge >= 0.3 is 6.18 Å². The molecule has 1 aliphatic rings. The summed E-state index contributed by atoms with van der Waals surface area (Å²) >= 11 is 6.19. The molecule has 0 radical (unpaired) electrons. The molecule has 0 saturated carbocycles. The first-order valence-electron chi connectivity index (χ1n) is 9.69. The number of carbonyl (C=O) groups is 2. The number of carbonyl (C=O) groups excluding carboxylic acids is 2. The number of rotatable bonds is 4. The largest absolute Gasteiger partial charge is 0.416 e. The monoisotopic (exact) mass is 513 g/mol. The lowest BCUT2D eigenvalue weighted by Crippen LogP contribution is -2.40. The third-order valence-corrected chi connectivity index (χ3v) is 5.42. The third-order valence-electron chi connectivity index (χ3n) is 5.08. The van der Waals surface area contributed by atoms with E-state index >= 15 is 0 Å². The standard InChI is InChI=1S/C21H13ClF5N5O3/c22-14-2-1-11(23)6-13(14)17-18-19(29-15(7-28-35)32(18)8-16(33)30-17)31-20(34)9-3-10(21(25,26)27)5-12(24)4-9/h1-7,17,35H,8H2,(H,30,33)(H,31,34)/t17-/m0/s1. The smallest absolute Gasteiger partial charge is 0.411 e. The molecule has 1 aromatic heterocycles. The molecule has 1 atom stereocenters. The number of aromatic nitrogens is 2. The van der Waals surface area contributed by atoms with Crippen molar-refractivity contribution in [3.05, 3.63) is 81.3 Å². The molecule has 3 aromatic rings. The first-order valence-corrected chi connectivity index (χ1v) is 10.1. The van der Waals surface area contributed by atoms with Gasteiger partial charge in [-0.25, -0.2) is 13.8 Å². The fourth-order valence-corrected chi connectivity index (χ4v) is 3.85. The van der Waals surface area contributed by atoms with E-state index in [-0.39, 0.29) is 40.5 Å². The highest BCUT2D eigenvalue weighted by Gasteiger charge is 2.35. The molecule has 1 aliphatic heterocycles. The summed E-state index contributed by atoms with van der Waals surface area (Å²) in [5, 5.41) is 16.7. The SMILES string of the molecule is O=C1Cn2c(C=NO)nc(NC(=O)c3cc(F)cc(C(F)(F)F)c3)c2[C@H](c2cc(F)ccc2Cl)N1. The van der Waals surface area contributed by atoms with Crippen molar-refractivity contribution >= 4 is 35.4 Å². The van der Waals surface area contributed by atoms with Crippen LogP contribution in [0.2, 0.25) is 5.02 Å². The molecule has 35 heavy (non-hydrogen) atoms. The highest BCUT2D eigenvalue weighted by Crippen LogP contribution is 2.36. The van der Waals surface area contributed by atoms with E-state index in [0.29, 0.717) is 12.1 Å². The van der Waals surface area contributed by atoms with Crippen molar-refractivity contribution in [3.8, 4) is 0 Å². The fraction of sp³-hybridized carbons (Fsp3) is 0.143. The Bertz CT molecular complexity index is 1370. The number of imidazole rings is 1. The number of halogens is 6. The molecule has 4 rings (SSSR count). The van der Waals surface area contributed by atoms with Gasteiger partial charge in [0.15, 0.2) is 11.6 Å². The average molecular weight is 514 g/mol. The minimum atomic E-state index is -4.90. The maximum Gasteiger partial charge on any atom is 0.416 e. The maximum atomic E-state index is 14.0. The predicted octanol–water partition coefficient (Wildman–Crippen LogP) is 4.11. The molecule has 3 N–H and O–H groups in total. The fourth-order valence-electron chi connectivity index (χ4n) is 3.63. The minimum Gasteiger partial charge on any atom is -0.411 e. The van der Waals surface area contributed by atoms with Crippen molar-refractivity contribution in [1.82, 2.24) is 14.9 Å². The molecule has 182 valence electrons. The summed E-state index contributed by atoms with van der Waals surface area (Å²) in [6, 6.07) is 3.52. The van der Waals surface area contributed by atoms with Crippen molar-refractivity contribution in [2.24, 2.45) is 5.16 Å². The van der Waals surface area contributed by atoms with Crippen LogP contribution in [0.4, 0.5) is 27.8 Å². The Balaban J connectivity index is 1.82. The molecule has 2 heterocycles. The number of anilines is 1. The Morgan fingerprint density at radius 3 is 2.66 bits per heavy atom. The minimum absolute atomic E-state index is 0.0564. The molecular weight excluding hydrogens is 501 g/mol. The topological polar surface area (TPSA) is 109 Å². The Morgan fingerprint density at radius 1 is 1.23 bits per heavy atom. The number of amides is 2. The van der Waals surface area contributed by atoms with Crippen LogP contribution < -0.4 is 10.6 Å². The Hall–Kier alpha value is -4.00. The molecule has 0 saturated heterocycles. The number of alkyl halides is 3. The van der Waals surface area contributed by atoms with Crippen molar-refractivity contribution in [3.63, 3.8) is 0 Å². The molecule has 8 nitrogen and oxygen atoms in total. The van der Waals surface area contributed by atoms with E-state index in [9.17, 15) is 31.5 Å². The lowest BCUT2D eigenvalue weighted by molar-refractivity contribution is -0.137. The van der Waals surface area contributed by atoms with Crippen LogP contribution in [0.3, 0.4) is 0 Å². The normalized spacial score (nSPS) is 15.7. The van der Waals surface area contributed by atoms with Gasteiger partial charge in [0, 0.05) is 16.1 Å². The summed E-state index contributed by atoms with van der Waals surface area (Å²) < 4.78 is 68.2. The van der Waals surface area contributed by atoms with Gasteiger partial charge in [-0.2, -0.15) is 13.2 Å². The summed E-state index contributed by atoms with van der Waals surface area (Å²) in [5.41, 5.74) is -1.88. The number of fused-ring (bicyclic) bond motifs is 1. The van der Waals surface area contributed by atoms with Crippen molar-refractivity contribution in [2.45, 2.75) is 18.8 Å². The van der Waals surface area contributed by atoms with E-state index < -0.39 is 46.8 Å². The van der Waals surface area contributed by atoms with Gasteiger partial charge in [0.05, 0.1) is 17.3 Å². The van der Waals surface area contributed by atoms with Crippen LogP contribution in [-0.4, -0.2) is 32.8 Å². The van der Waals surface area contributed by atoms with Crippen LogP contribution >= 0.6 is 11.6 Å². The van der Waals surface area contributed by atoms with Gasteiger partial charge in [0.2, 0.25) is 5.91 Å². The first-order chi connectivity index (χ1) is 16.5. The van der Waals surface area contributed by atoms with Crippen LogP contribution in [-0.2, 0) is 17.5 Å². The first kappa shape index (κ1) is 24.1. The zero-order valence-electron chi connectivity index (χ0n) is 17.2. The second-order valence-corrected chi connectivity index (χ2v) is 7.79. The highest BCUT2D eigenvalue weighted by molar-refractivity contribution is 6.31. The van der Waals surface area contributed by atoms with E-state index in [1.165, 1.54) is 10.6 Å². The highest BCUT2D eigenvalue weighted by atomic mass is 35.5. The molecule has 14 heteroatoms. The molecule has 2 amide bonds. The molecule has 0 fully saturated rings. The van der Waals surface area contributed by atoms with Crippen LogP contribution in [0.15, 0.2) is 41.6 Å². The summed E-state index contributed by atoms with van der Waals surface area (Å²) in [5.74, 6) is -4.05. The van der Waals surface area contributed by atoms with E-state index in [2.05, 4.69) is 20.8 Å². The van der Waals surface area contributed by atoms with E-state index in [1.54, 1.807) is 0 Å². The lowest BCUT2D eigenvalue weighted by Gasteiger charge is -2.27. The van der Waals surface area contributed by atoms with Crippen LogP contribution in [0, 0.1) is 11.6 Å². The average Bonchev–Trinajstić information content (AvgIpc) is 3.11. The zero-order chi connectivity index (χ0) is 25.5. The van der Waals surface area contributed by atoms with Gasteiger partial charge < -0.3 is 20.4 Å². The van der Waals surface area contributed by atoms with Gasteiger partial charge in [0.1, 0.15) is 24.4 Å². The predicted molar refractivity (Wildman–Crippen MR) is 112 cm³/mol. The number of oxime groups is 1. The Kier molecular flexibility index (Phi) is 6.19. The third kappa shape index (κ3) is 4.80. The van der Waals surface area contributed by atoms with Gasteiger partial charge in [-0.3, -0.25) is 9.59 Å². The molecule has 0 unspecified atom stereocenters. The van der Waals surface area contributed by atoms with Gasteiger partial charge in [-0.15, -0.1) is 0 Å². The number of hydrogen-bond donors (Lipinski definition) is 3. The molecular formula is C21H13ClF5N5O3. The van der Waals surface area contributed by atoms with E-state index in [4.69, 9.17) is 16.8 Å². The van der Waals surface area contributed by atoms with Crippen molar-refractivity contribution in [1.29, 1.82) is 0 Å². The molecule has 2 aromatic carbocycles. The van der Waals surface area contributed by atoms with Crippen LogP contribution in [0.25, 0.3) is 0 Å². The second-order valence-electron chi connectivity index (χ2n) is 7.38. The summed E-state index contributed by atoms with van der Waals surface area (Å²) in [6.07, 6.45) is -4.05. The number of benzene rings is 2. The summed E-state index contributed by atoms with van der Waals surface area (Å²) in [4.78, 5) is 29.2. The van der Waals surface area contributed by atoms with Crippen molar-refractivity contribution in [2.75, 3.05) is 5.32 Å². The zero-order valence-corrected chi connectivity index (χ0v) is 18.0. The van der Waals surface area contributed by atoms with Crippen LogP contribution in [0.5, 0.6) is 0 Å². The summed E-state index contributed by atoms with van der Waals surface area (Å²) in [6.45, 7) is -0.346. The van der Waals surface area contributed by atoms with Crippen molar-refractivity contribution < 1.29 is 36.7 Å². The lowest BCUT2D eigenvalue weighted by atomic mass is 10.0. The van der Waals surface area contributed by atoms with E-state index in [1.807, 2.05) is 0 Å². The number of nitrogens with one attached hydrogen (secondary N) is 2. The quantitative estimate of drug-likeness (QED) is 0.211.